The predicted octanol–water partition coefficient (Wildman–Crippen LogP) is 1.88. The number of carboxylic acids is 1. The van der Waals surface area contributed by atoms with Gasteiger partial charge in [0.25, 0.3) is 0 Å². The first kappa shape index (κ1) is 11.5. The van der Waals surface area contributed by atoms with E-state index in [0.717, 1.165) is 25.8 Å². The number of rotatable bonds is 3. The summed E-state index contributed by atoms with van der Waals surface area (Å²) in [5.41, 5.74) is -0.0439. The molecule has 0 amide bonds. The maximum Gasteiger partial charge on any atom is 0.307 e. The first-order valence-corrected chi connectivity index (χ1v) is 5.43. The topological polar surface area (TPSA) is 49.3 Å². The Bertz CT molecular complexity index is 213. The minimum Gasteiger partial charge on any atom is -0.481 e. The minimum absolute atomic E-state index is 0.0439. The second-order valence-corrected chi connectivity index (χ2v) is 4.91. The van der Waals surface area contributed by atoms with E-state index < -0.39 is 5.97 Å². The van der Waals surface area contributed by atoms with Crippen LogP contribution in [-0.4, -0.2) is 23.7 Å². The number of hydrogen-bond acceptors (Lipinski definition) is 2. The average Bonchev–Trinajstić information content (AvgIpc) is 2.08. The summed E-state index contributed by atoms with van der Waals surface area (Å²) < 4.78 is 0. The molecule has 3 nitrogen and oxygen atoms in total. The molecule has 0 radical (unpaired) electrons. The fourth-order valence-corrected chi connectivity index (χ4v) is 2.35. The Kier molecular flexibility index (Phi) is 3.53. The van der Waals surface area contributed by atoms with Gasteiger partial charge in [0.05, 0.1) is 5.92 Å². The van der Waals surface area contributed by atoms with Crippen LogP contribution in [0.25, 0.3) is 0 Å². The highest BCUT2D eigenvalue weighted by atomic mass is 16.4. The number of carboxylic acid groups (broad SMARTS) is 1. The fourth-order valence-electron chi connectivity index (χ4n) is 2.35. The fraction of sp³-hybridized carbons (Fsp3) is 0.909. The van der Waals surface area contributed by atoms with Gasteiger partial charge in [0.15, 0.2) is 0 Å². The highest BCUT2D eigenvalue weighted by molar-refractivity contribution is 5.71. The number of nitrogens with one attached hydrogen (secondary N) is 1. The van der Waals surface area contributed by atoms with Crippen LogP contribution in [0.4, 0.5) is 0 Å². The Morgan fingerprint density at radius 1 is 1.57 bits per heavy atom. The van der Waals surface area contributed by atoms with E-state index in [4.69, 9.17) is 5.11 Å². The third-order valence-corrected chi connectivity index (χ3v) is 3.39. The van der Waals surface area contributed by atoms with Crippen LogP contribution in [-0.2, 0) is 4.79 Å². The van der Waals surface area contributed by atoms with Crippen LogP contribution in [0.5, 0.6) is 0 Å². The van der Waals surface area contributed by atoms with Gasteiger partial charge in [0.2, 0.25) is 0 Å². The van der Waals surface area contributed by atoms with Crippen molar-refractivity contribution < 1.29 is 9.90 Å². The first-order valence-electron chi connectivity index (χ1n) is 5.43. The summed E-state index contributed by atoms with van der Waals surface area (Å²) in [7, 11) is 0. The molecule has 1 saturated carbocycles. The van der Waals surface area contributed by atoms with E-state index in [2.05, 4.69) is 26.1 Å². The van der Waals surface area contributed by atoms with E-state index in [1.165, 1.54) is 0 Å². The molecule has 14 heavy (non-hydrogen) atoms. The van der Waals surface area contributed by atoms with E-state index in [1.54, 1.807) is 0 Å². The SMILES string of the molecule is CCNC1CCC(C)(C)C(C(=O)O)C1. The highest BCUT2D eigenvalue weighted by Crippen LogP contribution is 2.40. The summed E-state index contributed by atoms with van der Waals surface area (Å²) >= 11 is 0. The largest absolute Gasteiger partial charge is 0.481 e. The number of carbonyl (C=O) groups is 1. The summed E-state index contributed by atoms with van der Waals surface area (Å²) in [4.78, 5) is 11.1. The average molecular weight is 199 g/mol. The lowest BCUT2D eigenvalue weighted by atomic mass is 9.67. The van der Waals surface area contributed by atoms with Gasteiger partial charge in [-0.1, -0.05) is 20.8 Å². The molecule has 82 valence electrons. The quantitative estimate of drug-likeness (QED) is 0.729. The standard InChI is InChI=1S/C11H21NO2/c1-4-12-8-5-6-11(2,3)9(7-8)10(13)14/h8-9,12H,4-7H2,1-3H3,(H,13,14). The molecule has 1 aliphatic rings. The monoisotopic (exact) mass is 199 g/mol. The molecule has 2 atom stereocenters. The molecule has 0 bridgehead atoms. The Hall–Kier alpha value is -0.570. The zero-order valence-electron chi connectivity index (χ0n) is 9.34. The third kappa shape index (κ3) is 2.47. The van der Waals surface area contributed by atoms with Gasteiger partial charge in [0.1, 0.15) is 0 Å². The summed E-state index contributed by atoms with van der Waals surface area (Å²) in [6.07, 6.45) is 2.88. The molecule has 2 N–H and O–H groups in total. The number of aliphatic carboxylic acids is 1. The van der Waals surface area contributed by atoms with Crippen molar-refractivity contribution in [2.24, 2.45) is 11.3 Å². The van der Waals surface area contributed by atoms with Crippen LogP contribution in [0.15, 0.2) is 0 Å². The molecule has 0 saturated heterocycles. The summed E-state index contributed by atoms with van der Waals surface area (Å²) in [5, 5.41) is 12.5. The molecule has 2 unspecified atom stereocenters. The van der Waals surface area contributed by atoms with E-state index in [0.29, 0.717) is 6.04 Å². The Morgan fingerprint density at radius 2 is 2.21 bits per heavy atom. The van der Waals surface area contributed by atoms with Gasteiger partial charge < -0.3 is 10.4 Å². The van der Waals surface area contributed by atoms with Gasteiger partial charge >= 0.3 is 5.97 Å². The van der Waals surface area contributed by atoms with Gasteiger partial charge in [-0.25, -0.2) is 0 Å². The second kappa shape index (κ2) is 4.30. The van der Waals surface area contributed by atoms with Crippen molar-refractivity contribution in [3.05, 3.63) is 0 Å². The van der Waals surface area contributed by atoms with Crippen molar-refractivity contribution in [1.29, 1.82) is 0 Å². The number of hydrogen-bond donors (Lipinski definition) is 2. The van der Waals surface area contributed by atoms with Crippen LogP contribution in [0, 0.1) is 11.3 Å². The zero-order chi connectivity index (χ0) is 10.8. The third-order valence-electron chi connectivity index (χ3n) is 3.39. The summed E-state index contributed by atoms with van der Waals surface area (Å²) in [6.45, 7) is 7.12. The summed E-state index contributed by atoms with van der Waals surface area (Å²) in [6, 6.07) is 0.397. The van der Waals surface area contributed by atoms with Crippen LogP contribution >= 0.6 is 0 Å². The van der Waals surface area contributed by atoms with Gasteiger partial charge in [0, 0.05) is 6.04 Å². The zero-order valence-corrected chi connectivity index (χ0v) is 9.34. The molecule has 1 rings (SSSR count). The van der Waals surface area contributed by atoms with Gasteiger partial charge in [-0.05, 0) is 31.2 Å². The molecule has 0 aliphatic heterocycles. The van der Waals surface area contributed by atoms with Crippen LogP contribution in [0.2, 0.25) is 0 Å². The van der Waals surface area contributed by atoms with Gasteiger partial charge in [-0.15, -0.1) is 0 Å². The van der Waals surface area contributed by atoms with Crippen LogP contribution in [0.1, 0.15) is 40.0 Å². The Morgan fingerprint density at radius 3 is 2.71 bits per heavy atom. The van der Waals surface area contributed by atoms with E-state index in [1.807, 2.05) is 0 Å². The van der Waals surface area contributed by atoms with Crippen molar-refractivity contribution in [3.63, 3.8) is 0 Å². The second-order valence-electron chi connectivity index (χ2n) is 4.91. The minimum atomic E-state index is -0.641. The molecule has 1 aliphatic carbocycles. The van der Waals surface area contributed by atoms with Crippen molar-refractivity contribution in [1.82, 2.24) is 5.32 Å². The molecule has 3 heteroatoms. The van der Waals surface area contributed by atoms with Crippen molar-refractivity contribution >= 4 is 5.97 Å². The maximum atomic E-state index is 11.1. The summed E-state index contributed by atoms with van der Waals surface area (Å²) in [5.74, 6) is -0.835. The van der Waals surface area contributed by atoms with Crippen molar-refractivity contribution in [3.8, 4) is 0 Å². The Balaban J connectivity index is 2.63. The molecule has 0 heterocycles. The van der Waals surface area contributed by atoms with Gasteiger partial charge in [-0.3, -0.25) is 4.79 Å². The first-order chi connectivity index (χ1) is 6.47. The maximum absolute atomic E-state index is 11.1. The van der Waals surface area contributed by atoms with Gasteiger partial charge in [-0.2, -0.15) is 0 Å². The van der Waals surface area contributed by atoms with Crippen LogP contribution in [0.3, 0.4) is 0 Å². The van der Waals surface area contributed by atoms with E-state index in [-0.39, 0.29) is 11.3 Å². The predicted molar refractivity (Wildman–Crippen MR) is 56.2 cm³/mol. The molecule has 0 aromatic rings. The van der Waals surface area contributed by atoms with Crippen LogP contribution < -0.4 is 5.32 Å². The lowest BCUT2D eigenvalue weighted by Crippen LogP contribution is -2.44. The highest BCUT2D eigenvalue weighted by Gasteiger charge is 2.40. The molecule has 1 fully saturated rings. The molecule has 0 spiro atoms. The normalized spacial score (nSPS) is 31.4. The van der Waals surface area contributed by atoms with E-state index in [9.17, 15) is 4.79 Å². The molecule has 0 aromatic carbocycles. The van der Waals surface area contributed by atoms with E-state index >= 15 is 0 Å². The molecular formula is C11H21NO2. The lowest BCUT2D eigenvalue weighted by molar-refractivity contribution is -0.148. The molecular weight excluding hydrogens is 178 g/mol. The van der Waals surface area contributed by atoms with Crippen molar-refractivity contribution in [2.75, 3.05) is 6.54 Å². The smallest absolute Gasteiger partial charge is 0.307 e. The molecule has 0 aromatic heterocycles. The van der Waals surface area contributed by atoms with Crippen molar-refractivity contribution in [2.45, 2.75) is 46.1 Å². The Labute approximate surface area is 85.9 Å². The lowest BCUT2D eigenvalue weighted by Gasteiger charge is -2.40.